The van der Waals surface area contributed by atoms with Crippen LogP contribution >= 0.6 is 22.9 Å². The molecule has 0 radical (unpaired) electrons. The molecule has 0 saturated heterocycles. The number of aryl methyl sites for hydroxylation is 2. The summed E-state index contributed by atoms with van der Waals surface area (Å²) < 4.78 is 1.76. The Morgan fingerprint density at radius 3 is 2.89 bits per heavy atom. The number of allylic oxidation sites excluding steroid dienone is 1. The van der Waals surface area contributed by atoms with E-state index in [4.69, 9.17) is 11.6 Å². The maximum Gasteiger partial charge on any atom is 0.195 e. The molecule has 0 aromatic carbocycles. The van der Waals surface area contributed by atoms with Gasteiger partial charge < -0.3 is 0 Å². The number of aromatic nitrogens is 2. The van der Waals surface area contributed by atoms with Crippen molar-refractivity contribution >= 4 is 34.8 Å². The second-order valence-electron chi connectivity index (χ2n) is 4.01. The van der Waals surface area contributed by atoms with E-state index in [1.54, 1.807) is 23.0 Å². The van der Waals surface area contributed by atoms with E-state index in [0.29, 0.717) is 5.02 Å². The Hall–Kier alpha value is -1.39. The van der Waals surface area contributed by atoms with Crippen LogP contribution in [0.3, 0.4) is 0 Å². The lowest BCUT2D eigenvalue weighted by Gasteiger charge is -1.99. The van der Waals surface area contributed by atoms with Crippen molar-refractivity contribution < 1.29 is 4.79 Å². The number of carbonyl (C=O) groups is 1. The first-order chi connectivity index (χ1) is 9.15. The first-order valence-electron chi connectivity index (χ1n) is 6.18. The number of rotatable bonds is 5. The van der Waals surface area contributed by atoms with Crippen LogP contribution in [0, 0.1) is 0 Å². The fourth-order valence-electron chi connectivity index (χ4n) is 1.73. The van der Waals surface area contributed by atoms with Crippen molar-refractivity contribution in [1.82, 2.24) is 9.78 Å². The Labute approximate surface area is 121 Å². The highest BCUT2D eigenvalue weighted by Gasteiger charge is 2.08. The Bertz CT molecular complexity index is 613. The molecule has 0 aliphatic heterocycles. The van der Waals surface area contributed by atoms with Crippen LogP contribution in [0.25, 0.3) is 6.08 Å². The van der Waals surface area contributed by atoms with Crippen LogP contribution in [-0.2, 0) is 13.0 Å². The maximum absolute atomic E-state index is 12.0. The number of halogens is 1. The Balaban J connectivity index is 2.18. The summed E-state index contributed by atoms with van der Waals surface area (Å²) in [5, 5.41) is 4.69. The molecular weight excluding hydrogens is 280 g/mol. The van der Waals surface area contributed by atoms with Gasteiger partial charge in [0.05, 0.1) is 21.8 Å². The van der Waals surface area contributed by atoms with Crippen molar-refractivity contribution in [2.75, 3.05) is 0 Å². The summed E-state index contributed by atoms with van der Waals surface area (Å²) in [6.07, 6.45) is 5.83. The van der Waals surface area contributed by atoms with Gasteiger partial charge in [0.15, 0.2) is 5.78 Å². The molecule has 19 heavy (non-hydrogen) atoms. The average molecular weight is 295 g/mol. The molecule has 0 spiro atoms. The van der Waals surface area contributed by atoms with Gasteiger partial charge in [0.1, 0.15) is 0 Å². The summed E-state index contributed by atoms with van der Waals surface area (Å²) in [7, 11) is 0. The number of hydrogen-bond donors (Lipinski definition) is 0. The summed E-state index contributed by atoms with van der Waals surface area (Å²) in [5.74, 6) is 0.00428. The largest absolute Gasteiger partial charge is 0.288 e. The minimum atomic E-state index is 0.00428. The number of hydrogen-bond acceptors (Lipinski definition) is 3. The van der Waals surface area contributed by atoms with Crippen LogP contribution in [0.4, 0.5) is 0 Å². The number of carbonyl (C=O) groups excluding carboxylic acids is 1. The van der Waals surface area contributed by atoms with Crippen LogP contribution < -0.4 is 0 Å². The van der Waals surface area contributed by atoms with Crippen molar-refractivity contribution in [2.45, 2.75) is 26.8 Å². The van der Waals surface area contributed by atoms with Gasteiger partial charge in [-0.15, -0.1) is 11.3 Å². The Morgan fingerprint density at radius 2 is 2.26 bits per heavy atom. The van der Waals surface area contributed by atoms with Gasteiger partial charge in [-0.3, -0.25) is 9.48 Å². The smallest absolute Gasteiger partial charge is 0.195 e. The Morgan fingerprint density at radius 1 is 1.47 bits per heavy atom. The highest BCUT2D eigenvalue weighted by Crippen LogP contribution is 2.20. The topological polar surface area (TPSA) is 34.9 Å². The van der Waals surface area contributed by atoms with Gasteiger partial charge in [0.25, 0.3) is 0 Å². The van der Waals surface area contributed by atoms with E-state index in [9.17, 15) is 4.79 Å². The van der Waals surface area contributed by atoms with E-state index in [0.717, 1.165) is 23.5 Å². The summed E-state index contributed by atoms with van der Waals surface area (Å²) in [6, 6.07) is 3.86. The molecule has 100 valence electrons. The summed E-state index contributed by atoms with van der Waals surface area (Å²) in [5.41, 5.74) is 0.768. The lowest BCUT2D eigenvalue weighted by atomic mass is 10.2. The molecule has 0 N–H and O–H groups in total. The third kappa shape index (κ3) is 3.14. The normalized spacial score (nSPS) is 11.3. The van der Waals surface area contributed by atoms with Gasteiger partial charge in [-0.05, 0) is 37.6 Å². The fraction of sp³-hybridized carbons (Fsp3) is 0.286. The van der Waals surface area contributed by atoms with Crippen molar-refractivity contribution in [1.29, 1.82) is 0 Å². The molecule has 2 aromatic rings. The molecule has 0 saturated carbocycles. The quantitative estimate of drug-likeness (QED) is 0.615. The molecule has 0 bridgehead atoms. The first kappa shape index (κ1) is 14.0. The zero-order valence-electron chi connectivity index (χ0n) is 10.9. The molecule has 0 fully saturated rings. The van der Waals surface area contributed by atoms with Crippen molar-refractivity contribution in [3.05, 3.63) is 44.9 Å². The van der Waals surface area contributed by atoms with Crippen LogP contribution in [0.2, 0.25) is 5.02 Å². The van der Waals surface area contributed by atoms with Crippen LogP contribution in [0.5, 0.6) is 0 Å². The molecule has 0 unspecified atom stereocenters. The summed E-state index contributed by atoms with van der Waals surface area (Å²) >= 11 is 7.57. The van der Waals surface area contributed by atoms with Crippen molar-refractivity contribution in [2.24, 2.45) is 0 Å². The SMILES string of the molecule is CCc1ccc(C(=O)/C=C/c2c(Cl)cnn2CC)s1. The molecule has 0 amide bonds. The molecule has 5 heteroatoms. The standard InChI is InChI=1S/C14H15ClN2OS/c1-3-10-5-8-14(19-10)13(18)7-6-12-11(15)9-16-17(12)4-2/h5-9H,3-4H2,1-2H3/b7-6+. The van der Waals surface area contributed by atoms with Gasteiger partial charge in [0, 0.05) is 11.4 Å². The van der Waals surface area contributed by atoms with Crippen LogP contribution in [-0.4, -0.2) is 15.6 Å². The second kappa shape index (κ2) is 6.17. The van der Waals surface area contributed by atoms with E-state index >= 15 is 0 Å². The first-order valence-corrected chi connectivity index (χ1v) is 7.37. The fourth-order valence-corrected chi connectivity index (χ4v) is 2.80. The van der Waals surface area contributed by atoms with E-state index in [-0.39, 0.29) is 5.78 Å². The minimum absolute atomic E-state index is 0.00428. The predicted octanol–water partition coefficient (Wildman–Crippen LogP) is 4.08. The maximum atomic E-state index is 12.0. The van der Waals surface area contributed by atoms with E-state index in [1.165, 1.54) is 16.2 Å². The Kier molecular flexibility index (Phi) is 4.56. The van der Waals surface area contributed by atoms with Gasteiger partial charge >= 0.3 is 0 Å². The summed E-state index contributed by atoms with van der Waals surface area (Å²) in [4.78, 5) is 14.0. The molecule has 2 aromatic heterocycles. The van der Waals surface area contributed by atoms with E-state index < -0.39 is 0 Å². The van der Waals surface area contributed by atoms with Crippen molar-refractivity contribution in [3.63, 3.8) is 0 Å². The van der Waals surface area contributed by atoms with Gasteiger partial charge in [-0.2, -0.15) is 5.10 Å². The number of ketones is 1. The highest BCUT2D eigenvalue weighted by atomic mass is 35.5. The van der Waals surface area contributed by atoms with Gasteiger partial charge in [0.2, 0.25) is 0 Å². The number of thiophene rings is 1. The third-order valence-corrected chi connectivity index (χ3v) is 4.31. The van der Waals surface area contributed by atoms with Gasteiger partial charge in [-0.1, -0.05) is 18.5 Å². The molecule has 2 heterocycles. The lowest BCUT2D eigenvalue weighted by Crippen LogP contribution is -1.99. The monoisotopic (exact) mass is 294 g/mol. The van der Waals surface area contributed by atoms with E-state index in [2.05, 4.69) is 12.0 Å². The number of nitrogens with zero attached hydrogens (tertiary/aromatic N) is 2. The highest BCUT2D eigenvalue weighted by molar-refractivity contribution is 7.14. The van der Waals surface area contributed by atoms with Crippen LogP contribution in [0.15, 0.2) is 24.4 Å². The third-order valence-electron chi connectivity index (χ3n) is 2.78. The zero-order valence-corrected chi connectivity index (χ0v) is 12.5. The summed E-state index contributed by atoms with van der Waals surface area (Å²) in [6.45, 7) is 4.78. The lowest BCUT2D eigenvalue weighted by molar-refractivity contribution is 0.105. The van der Waals surface area contributed by atoms with Crippen molar-refractivity contribution in [3.8, 4) is 0 Å². The average Bonchev–Trinajstić information content (AvgIpc) is 3.02. The molecule has 0 aliphatic rings. The van der Waals surface area contributed by atoms with E-state index in [1.807, 2.05) is 19.1 Å². The molecule has 2 rings (SSSR count). The van der Waals surface area contributed by atoms with Gasteiger partial charge in [-0.25, -0.2) is 0 Å². The molecular formula is C14H15ClN2OS. The zero-order chi connectivity index (χ0) is 13.8. The molecule has 3 nitrogen and oxygen atoms in total. The second-order valence-corrected chi connectivity index (χ2v) is 5.59. The van der Waals surface area contributed by atoms with Crippen LogP contribution in [0.1, 0.15) is 34.1 Å². The molecule has 0 aliphatic carbocycles. The molecule has 0 atom stereocenters. The predicted molar refractivity (Wildman–Crippen MR) is 80.0 cm³/mol. The minimum Gasteiger partial charge on any atom is -0.288 e.